The van der Waals surface area contributed by atoms with Crippen molar-refractivity contribution in [2.75, 3.05) is 0 Å². The fourth-order valence-corrected chi connectivity index (χ4v) is 2.87. The van der Waals surface area contributed by atoms with Crippen LogP contribution < -0.4 is 5.56 Å². The van der Waals surface area contributed by atoms with Gasteiger partial charge in [-0.1, -0.05) is 36.7 Å². The summed E-state index contributed by atoms with van der Waals surface area (Å²) < 4.78 is 1.64. The molecule has 2 aromatic rings. The first-order valence-corrected chi connectivity index (χ1v) is 7.25. The van der Waals surface area contributed by atoms with Gasteiger partial charge in [-0.15, -0.1) is 0 Å². The Balaban J connectivity index is 2.68. The normalized spacial score (nSPS) is 10.4. The number of hydrogen-bond acceptors (Lipinski definition) is 2. The lowest BCUT2D eigenvalue weighted by atomic mass is 10.0. The van der Waals surface area contributed by atoms with Crippen molar-refractivity contribution in [2.45, 2.75) is 33.7 Å². The molecule has 0 aliphatic rings. The summed E-state index contributed by atoms with van der Waals surface area (Å²) in [5.41, 5.74) is 3.60. The number of pyridine rings is 1. The van der Waals surface area contributed by atoms with Gasteiger partial charge in [0, 0.05) is 10.7 Å². The first-order chi connectivity index (χ1) is 10.0. The molecular weight excluding hydrogens is 284 g/mol. The average molecular weight is 301 g/mol. The van der Waals surface area contributed by atoms with E-state index in [4.69, 9.17) is 11.6 Å². The first-order valence-electron chi connectivity index (χ1n) is 6.87. The van der Waals surface area contributed by atoms with E-state index >= 15 is 0 Å². The van der Waals surface area contributed by atoms with Gasteiger partial charge in [0.2, 0.25) is 0 Å². The van der Waals surface area contributed by atoms with Crippen LogP contribution in [0.2, 0.25) is 5.02 Å². The minimum Gasteiger partial charge on any atom is -0.307 e. The second kappa shape index (κ2) is 6.15. The molecule has 0 spiro atoms. The number of halogens is 1. The standard InChI is InChI=1S/C17H17ClN2O/c1-4-14-11(2)15(9-19)17(21)20(12(14)3)10-13-7-5-6-8-16(13)18/h5-8H,4,10H2,1-3H3. The molecule has 108 valence electrons. The lowest BCUT2D eigenvalue weighted by Crippen LogP contribution is -2.28. The summed E-state index contributed by atoms with van der Waals surface area (Å²) in [6.45, 7) is 6.17. The molecule has 1 heterocycles. The van der Waals surface area contributed by atoms with Gasteiger partial charge in [-0.2, -0.15) is 5.26 Å². The lowest BCUT2D eigenvalue weighted by Gasteiger charge is -2.17. The Labute approximate surface area is 129 Å². The summed E-state index contributed by atoms with van der Waals surface area (Å²) in [4.78, 5) is 12.5. The predicted octanol–water partition coefficient (Wildman–Crippen LogP) is 3.60. The van der Waals surface area contributed by atoms with Crippen molar-refractivity contribution >= 4 is 11.6 Å². The average Bonchev–Trinajstić information content (AvgIpc) is 2.46. The topological polar surface area (TPSA) is 45.8 Å². The molecule has 21 heavy (non-hydrogen) atoms. The van der Waals surface area contributed by atoms with Crippen molar-refractivity contribution in [3.8, 4) is 6.07 Å². The van der Waals surface area contributed by atoms with Crippen LogP contribution in [-0.2, 0) is 13.0 Å². The van der Waals surface area contributed by atoms with Crippen LogP contribution in [0.5, 0.6) is 0 Å². The van der Waals surface area contributed by atoms with Gasteiger partial charge in [0.05, 0.1) is 6.54 Å². The molecule has 0 unspecified atom stereocenters. The van der Waals surface area contributed by atoms with E-state index in [2.05, 4.69) is 0 Å². The molecule has 1 aromatic heterocycles. The Kier molecular flexibility index (Phi) is 4.50. The van der Waals surface area contributed by atoms with Gasteiger partial charge in [-0.3, -0.25) is 4.79 Å². The largest absolute Gasteiger partial charge is 0.307 e. The van der Waals surface area contributed by atoms with E-state index in [9.17, 15) is 10.1 Å². The van der Waals surface area contributed by atoms with Crippen LogP contribution in [-0.4, -0.2) is 4.57 Å². The minimum atomic E-state index is -0.246. The third-order valence-corrected chi connectivity index (χ3v) is 4.25. The fraction of sp³-hybridized carbons (Fsp3) is 0.294. The van der Waals surface area contributed by atoms with Crippen LogP contribution in [0.15, 0.2) is 29.1 Å². The number of nitriles is 1. The summed E-state index contributed by atoms with van der Waals surface area (Å²) in [7, 11) is 0. The summed E-state index contributed by atoms with van der Waals surface area (Å²) in [5, 5.41) is 9.89. The number of aromatic nitrogens is 1. The highest BCUT2D eigenvalue weighted by molar-refractivity contribution is 6.31. The zero-order valence-electron chi connectivity index (χ0n) is 12.4. The first kappa shape index (κ1) is 15.3. The van der Waals surface area contributed by atoms with E-state index in [0.717, 1.165) is 28.8 Å². The van der Waals surface area contributed by atoms with Crippen molar-refractivity contribution in [2.24, 2.45) is 0 Å². The molecule has 4 heteroatoms. The Morgan fingerprint density at radius 3 is 2.52 bits per heavy atom. The molecule has 0 amide bonds. The molecule has 0 fully saturated rings. The Morgan fingerprint density at radius 2 is 1.95 bits per heavy atom. The second-order valence-electron chi connectivity index (χ2n) is 5.01. The SMILES string of the molecule is CCc1c(C)c(C#N)c(=O)n(Cc2ccccc2Cl)c1C. The molecule has 0 atom stereocenters. The molecule has 0 radical (unpaired) electrons. The zero-order valence-corrected chi connectivity index (χ0v) is 13.2. The van der Waals surface area contributed by atoms with Crippen LogP contribution in [0.1, 0.15) is 34.9 Å². The van der Waals surface area contributed by atoms with Crippen molar-refractivity contribution < 1.29 is 0 Å². The van der Waals surface area contributed by atoms with E-state index in [1.165, 1.54) is 0 Å². The van der Waals surface area contributed by atoms with Crippen molar-refractivity contribution in [1.29, 1.82) is 5.26 Å². The van der Waals surface area contributed by atoms with Gasteiger partial charge >= 0.3 is 0 Å². The van der Waals surface area contributed by atoms with Gasteiger partial charge < -0.3 is 4.57 Å². The third-order valence-electron chi connectivity index (χ3n) is 3.88. The van der Waals surface area contributed by atoms with Gasteiger partial charge in [-0.05, 0) is 43.0 Å². The smallest absolute Gasteiger partial charge is 0.269 e. The van der Waals surface area contributed by atoms with E-state index in [1.54, 1.807) is 10.6 Å². The summed E-state index contributed by atoms with van der Waals surface area (Å²) >= 11 is 6.18. The molecule has 1 aromatic carbocycles. The minimum absolute atomic E-state index is 0.226. The second-order valence-corrected chi connectivity index (χ2v) is 5.42. The maximum atomic E-state index is 12.5. The molecule has 0 aliphatic carbocycles. The van der Waals surface area contributed by atoms with Crippen molar-refractivity contribution in [3.05, 3.63) is 67.6 Å². The number of rotatable bonds is 3. The van der Waals surface area contributed by atoms with Crippen molar-refractivity contribution in [1.82, 2.24) is 4.57 Å². The predicted molar refractivity (Wildman–Crippen MR) is 84.8 cm³/mol. The molecule has 0 saturated carbocycles. The highest BCUT2D eigenvalue weighted by atomic mass is 35.5. The third kappa shape index (κ3) is 2.72. The van der Waals surface area contributed by atoms with Gasteiger partial charge in [-0.25, -0.2) is 0 Å². The highest BCUT2D eigenvalue weighted by Gasteiger charge is 2.16. The zero-order chi connectivity index (χ0) is 15.6. The monoisotopic (exact) mass is 300 g/mol. The van der Waals surface area contributed by atoms with Gasteiger partial charge in [0.1, 0.15) is 11.6 Å². The van der Waals surface area contributed by atoms with Crippen LogP contribution in [0.25, 0.3) is 0 Å². The van der Waals surface area contributed by atoms with Crippen LogP contribution in [0, 0.1) is 25.2 Å². The van der Waals surface area contributed by atoms with Gasteiger partial charge in [0.25, 0.3) is 5.56 Å². The molecule has 0 N–H and O–H groups in total. The maximum absolute atomic E-state index is 12.5. The Bertz CT molecular complexity index is 785. The Hall–Kier alpha value is -2.05. The number of benzene rings is 1. The van der Waals surface area contributed by atoms with E-state index in [1.807, 2.05) is 45.0 Å². The lowest BCUT2D eigenvalue weighted by molar-refractivity contribution is 0.711. The fourth-order valence-electron chi connectivity index (χ4n) is 2.67. The maximum Gasteiger partial charge on any atom is 0.269 e. The van der Waals surface area contributed by atoms with E-state index in [-0.39, 0.29) is 11.1 Å². The van der Waals surface area contributed by atoms with Crippen LogP contribution in [0.3, 0.4) is 0 Å². The molecule has 3 nitrogen and oxygen atoms in total. The molecule has 0 aliphatic heterocycles. The van der Waals surface area contributed by atoms with Gasteiger partial charge in [0.15, 0.2) is 0 Å². The van der Waals surface area contributed by atoms with Crippen LogP contribution >= 0.6 is 11.6 Å². The molecule has 0 saturated heterocycles. The van der Waals surface area contributed by atoms with E-state index in [0.29, 0.717) is 11.6 Å². The highest BCUT2D eigenvalue weighted by Crippen LogP contribution is 2.20. The molecule has 2 rings (SSSR count). The number of nitrogens with zero attached hydrogens (tertiary/aromatic N) is 2. The summed E-state index contributed by atoms with van der Waals surface area (Å²) in [6, 6.07) is 9.48. The summed E-state index contributed by atoms with van der Waals surface area (Å²) in [6.07, 6.45) is 0.787. The number of hydrogen-bond donors (Lipinski definition) is 0. The van der Waals surface area contributed by atoms with Crippen LogP contribution in [0.4, 0.5) is 0 Å². The molecule has 0 bridgehead atoms. The quantitative estimate of drug-likeness (QED) is 0.869. The van der Waals surface area contributed by atoms with Crippen molar-refractivity contribution in [3.63, 3.8) is 0 Å². The Morgan fingerprint density at radius 1 is 1.29 bits per heavy atom. The van der Waals surface area contributed by atoms with E-state index < -0.39 is 0 Å². The molecular formula is C17H17ClN2O. The summed E-state index contributed by atoms with van der Waals surface area (Å²) in [5.74, 6) is 0.